The van der Waals surface area contributed by atoms with E-state index in [1.165, 1.54) is 12.1 Å². The molecule has 0 N–H and O–H groups in total. The van der Waals surface area contributed by atoms with Crippen LogP contribution in [0.25, 0.3) is 11.0 Å². The topological polar surface area (TPSA) is 73.6 Å². The van der Waals surface area contributed by atoms with E-state index in [-0.39, 0.29) is 28.5 Å². The lowest BCUT2D eigenvalue weighted by Gasteiger charge is -2.07. The van der Waals surface area contributed by atoms with Crippen molar-refractivity contribution in [2.24, 2.45) is 0 Å². The third kappa shape index (κ3) is 4.13. The summed E-state index contributed by atoms with van der Waals surface area (Å²) in [5, 5.41) is 4.22. The third-order valence-electron chi connectivity index (χ3n) is 4.40. The zero-order valence-electron chi connectivity index (χ0n) is 16.2. The molecular weight excluding hydrogens is 405 g/mol. The van der Waals surface area contributed by atoms with Crippen LogP contribution >= 0.6 is 11.3 Å². The molecule has 0 fully saturated rings. The molecule has 30 heavy (non-hydrogen) atoms. The van der Waals surface area contributed by atoms with Crippen LogP contribution in [0.5, 0.6) is 5.75 Å². The average Bonchev–Trinajstić information content (AvgIpc) is 3.04. The normalized spacial score (nSPS) is 11.9. The SMILES string of the molecule is CCCOc1ccccc1/C=c1/sc2nc(=O)c(Cc3ccc(F)cc3)nn2c1=O. The fourth-order valence-electron chi connectivity index (χ4n) is 2.93. The number of ether oxygens (including phenoxy) is 1. The Bertz CT molecular complexity index is 1360. The van der Waals surface area contributed by atoms with Gasteiger partial charge in [-0.3, -0.25) is 9.59 Å². The largest absolute Gasteiger partial charge is 0.493 e. The summed E-state index contributed by atoms with van der Waals surface area (Å²) in [6, 6.07) is 13.2. The summed E-state index contributed by atoms with van der Waals surface area (Å²) in [6.07, 6.45) is 2.76. The maximum atomic E-state index is 13.1. The predicted molar refractivity (Wildman–Crippen MR) is 114 cm³/mol. The van der Waals surface area contributed by atoms with E-state index in [4.69, 9.17) is 4.74 Å². The standard InChI is InChI=1S/C22H18FN3O3S/c1-2-11-29-18-6-4-3-5-15(18)13-19-21(28)26-22(30-19)24-20(27)17(25-26)12-14-7-9-16(23)10-8-14/h3-10,13H,2,11-12H2,1H3/b19-13+. The van der Waals surface area contributed by atoms with Crippen molar-refractivity contribution in [1.82, 2.24) is 14.6 Å². The molecule has 0 saturated carbocycles. The lowest BCUT2D eigenvalue weighted by Crippen LogP contribution is -2.28. The Morgan fingerprint density at radius 3 is 2.67 bits per heavy atom. The van der Waals surface area contributed by atoms with Crippen LogP contribution in [0.3, 0.4) is 0 Å². The first kappa shape index (κ1) is 19.9. The van der Waals surface area contributed by atoms with Crippen LogP contribution < -0.4 is 20.4 Å². The lowest BCUT2D eigenvalue weighted by molar-refractivity contribution is 0.317. The molecule has 0 saturated heterocycles. The molecule has 0 amide bonds. The number of rotatable bonds is 6. The first-order valence-electron chi connectivity index (χ1n) is 9.46. The summed E-state index contributed by atoms with van der Waals surface area (Å²) in [5.74, 6) is 0.323. The van der Waals surface area contributed by atoms with Crippen LogP contribution in [0.1, 0.15) is 30.2 Å². The minimum Gasteiger partial charge on any atom is -0.493 e. The molecule has 4 aromatic rings. The molecule has 0 aliphatic carbocycles. The number of nitrogens with zero attached hydrogens (tertiary/aromatic N) is 3. The van der Waals surface area contributed by atoms with Crippen LogP contribution in [0.2, 0.25) is 0 Å². The number of aromatic nitrogens is 3. The average molecular weight is 423 g/mol. The highest BCUT2D eigenvalue weighted by molar-refractivity contribution is 7.15. The number of thiazole rings is 1. The fourth-order valence-corrected chi connectivity index (χ4v) is 3.83. The van der Waals surface area contributed by atoms with Crippen molar-refractivity contribution in [3.8, 4) is 5.75 Å². The van der Waals surface area contributed by atoms with Crippen LogP contribution in [0.15, 0.2) is 58.1 Å². The second kappa shape index (κ2) is 8.54. The minimum atomic E-state index is -0.501. The van der Waals surface area contributed by atoms with Crippen LogP contribution in [-0.2, 0) is 6.42 Å². The molecule has 0 aliphatic rings. The third-order valence-corrected chi connectivity index (χ3v) is 5.36. The number of hydrogen-bond donors (Lipinski definition) is 0. The Balaban J connectivity index is 1.76. The van der Waals surface area contributed by atoms with Gasteiger partial charge in [0.25, 0.3) is 11.1 Å². The van der Waals surface area contributed by atoms with Gasteiger partial charge in [0, 0.05) is 12.0 Å². The highest BCUT2D eigenvalue weighted by atomic mass is 32.1. The molecule has 4 rings (SSSR count). The van der Waals surface area contributed by atoms with Gasteiger partial charge in [-0.1, -0.05) is 48.6 Å². The molecule has 0 unspecified atom stereocenters. The lowest BCUT2D eigenvalue weighted by atomic mass is 10.1. The van der Waals surface area contributed by atoms with Crippen LogP contribution in [-0.4, -0.2) is 21.2 Å². The molecule has 152 valence electrons. The van der Waals surface area contributed by atoms with Crippen molar-refractivity contribution in [2.75, 3.05) is 6.61 Å². The van der Waals surface area contributed by atoms with Gasteiger partial charge in [-0.15, -0.1) is 0 Å². The summed E-state index contributed by atoms with van der Waals surface area (Å²) < 4.78 is 20.4. The van der Waals surface area contributed by atoms with E-state index < -0.39 is 5.56 Å². The van der Waals surface area contributed by atoms with Crippen molar-refractivity contribution in [2.45, 2.75) is 19.8 Å². The molecule has 0 atom stereocenters. The summed E-state index contributed by atoms with van der Waals surface area (Å²) in [7, 11) is 0. The summed E-state index contributed by atoms with van der Waals surface area (Å²) in [5.41, 5.74) is 0.752. The first-order chi connectivity index (χ1) is 14.5. The van der Waals surface area contributed by atoms with Gasteiger partial charge in [0.1, 0.15) is 17.3 Å². The zero-order chi connectivity index (χ0) is 21.1. The van der Waals surface area contributed by atoms with E-state index in [1.54, 1.807) is 18.2 Å². The maximum Gasteiger partial charge on any atom is 0.296 e. The molecule has 2 heterocycles. The predicted octanol–water partition coefficient (Wildman–Crippen LogP) is 2.58. The number of halogens is 1. The van der Waals surface area contributed by atoms with Crippen molar-refractivity contribution in [1.29, 1.82) is 0 Å². The van der Waals surface area contributed by atoms with Gasteiger partial charge in [-0.25, -0.2) is 4.39 Å². The van der Waals surface area contributed by atoms with E-state index in [2.05, 4.69) is 10.1 Å². The molecule has 0 spiro atoms. The molecule has 2 aromatic heterocycles. The summed E-state index contributed by atoms with van der Waals surface area (Å²) in [4.78, 5) is 29.5. The Morgan fingerprint density at radius 2 is 1.90 bits per heavy atom. The van der Waals surface area contributed by atoms with Crippen LogP contribution in [0.4, 0.5) is 4.39 Å². The Kier molecular flexibility index (Phi) is 5.67. The van der Waals surface area contributed by atoms with Crippen molar-refractivity contribution >= 4 is 22.4 Å². The molecule has 0 aliphatic heterocycles. The molecule has 8 heteroatoms. The van der Waals surface area contributed by atoms with E-state index in [9.17, 15) is 14.0 Å². The van der Waals surface area contributed by atoms with E-state index in [1.807, 2.05) is 31.2 Å². The summed E-state index contributed by atoms with van der Waals surface area (Å²) >= 11 is 1.10. The van der Waals surface area contributed by atoms with E-state index >= 15 is 0 Å². The van der Waals surface area contributed by atoms with Gasteiger partial charge >= 0.3 is 0 Å². The van der Waals surface area contributed by atoms with Gasteiger partial charge < -0.3 is 4.74 Å². The van der Waals surface area contributed by atoms with Gasteiger partial charge in [-0.2, -0.15) is 14.6 Å². The number of para-hydroxylation sites is 1. The van der Waals surface area contributed by atoms with Gasteiger partial charge in [0.15, 0.2) is 0 Å². The molecule has 0 bridgehead atoms. The molecule has 2 aromatic carbocycles. The smallest absolute Gasteiger partial charge is 0.296 e. The van der Waals surface area contributed by atoms with Gasteiger partial charge in [0.05, 0.1) is 11.1 Å². The second-order valence-corrected chi connectivity index (χ2v) is 7.67. The Morgan fingerprint density at radius 1 is 1.13 bits per heavy atom. The number of hydrogen-bond acceptors (Lipinski definition) is 6. The molecule has 6 nitrogen and oxygen atoms in total. The zero-order valence-corrected chi connectivity index (χ0v) is 17.0. The van der Waals surface area contributed by atoms with Gasteiger partial charge in [-0.05, 0) is 36.3 Å². The monoisotopic (exact) mass is 423 g/mol. The number of fused-ring (bicyclic) bond motifs is 1. The molecular formula is C22H18FN3O3S. The highest BCUT2D eigenvalue weighted by Crippen LogP contribution is 2.19. The second-order valence-electron chi connectivity index (χ2n) is 6.66. The number of benzene rings is 2. The fraction of sp³-hybridized carbons (Fsp3) is 0.182. The summed E-state index contributed by atoms with van der Waals surface area (Å²) in [6.45, 7) is 2.59. The van der Waals surface area contributed by atoms with Crippen molar-refractivity contribution in [3.05, 3.63) is 96.4 Å². The van der Waals surface area contributed by atoms with Crippen LogP contribution in [0, 0.1) is 5.82 Å². The highest BCUT2D eigenvalue weighted by Gasteiger charge is 2.12. The maximum absolute atomic E-state index is 13.1. The van der Waals surface area contributed by atoms with Crippen molar-refractivity contribution < 1.29 is 9.13 Å². The Hall–Kier alpha value is -3.39. The van der Waals surface area contributed by atoms with Crippen molar-refractivity contribution in [3.63, 3.8) is 0 Å². The van der Waals surface area contributed by atoms with E-state index in [0.29, 0.717) is 22.5 Å². The first-order valence-corrected chi connectivity index (χ1v) is 10.3. The van der Waals surface area contributed by atoms with Gasteiger partial charge in [0.2, 0.25) is 4.96 Å². The minimum absolute atomic E-state index is 0.132. The quantitative estimate of drug-likeness (QED) is 0.477. The Labute approximate surface area is 174 Å². The van der Waals surface area contributed by atoms with E-state index in [0.717, 1.165) is 27.8 Å². The molecule has 0 radical (unpaired) electrons.